The van der Waals surface area contributed by atoms with Gasteiger partial charge in [0, 0.05) is 18.8 Å². The SMILES string of the molecule is CCn1nc(C(=O)Nc2ccc(Cc3ccc(Cl)c(Cl)c3)cn2)ccc1=O. The Kier molecular flexibility index (Phi) is 5.88. The van der Waals surface area contributed by atoms with E-state index >= 15 is 0 Å². The van der Waals surface area contributed by atoms with Crippen LogP contribution in [0, 0.1) is 0 Å². The Morgan fingerprint density at radius 2 is 1.85 bits per heavy atom. The summed E-state index contributed by atoms with van der Waals surface area (Å²) in [5.74, 6) is -0.0316. The summed E-state index contributed by atoms with van der Waals surface area (Å²) in [5.41, 5.74) is 1.87. The summed E-state index contributed by atoms with van der Waals surface area (Å²) in [7, 11) is 0. The summed E-state index contributed by atoms with van der Waals surface area (Å²) in [4.78, 5) is 28.1. The van der Waals surface area contributed by atoms with Gasteiger partial charge in [0.2, 0.25) is 0 Å². The molecule has 1 aromatic carbocycles. The lowest BCUT2D eigenvalue weighted by Gasteiger charge is -2.07. The van der Waals surface area contributed by atoms with E-state index in [-0.39, 0.29) is 11.3 Å². The molecule has 0 spiro atoms. The van der Waals surface area contributed by atoms with Crippen molar-refractivity contribution < 1.29 is 4.79 Å². The predicted molar refractivity (Wildman–Crippen MR) is 106 cm³/mol. The van der Waals surface area contributed by atoms with Crippen LogP contribution in [-0.4, -0.2) is 20.7 Å². The average molecular weight is 403 g/mol. The first kappa shape index (κ1) is 19.1. The molecule has 1 N–H and O–H groups in total. The molecule has 138 valence electrons. The van der Waals surface area contributed by atoms with Crippen LogP contribution in [0.3, 0.4) is 0 Å². The Balaban J connectivity index is 1.69. The number of nitrogens with zero attached hydrogens (tertiary/aromatic N) is 3. The van der Waals surface area contributed by atoms with E-state index in [1.165, 1.54) is 16.8 Å². The van der Waals surface area contributed by atoms with Crippen LogP contribution in [-0.2, 0) is 13.0 Å². The molecular weight excluding hydrogens is 387 g/mol. The number of rotatable bonds is 5. The average Bonchev–Trinajstić information content (AvgIpc) is 2.66. The first-order valence-corrected chi connectivity index (χ1v) is 9.00. The van der Waals surface area contributed by atoms with Crippen molar-refractivity contribution in [3.63, 3.8) is 0 Å². The molecule has 0 aliphatic carbocycles. The molecule has 0 unspecified atom stereocenters. The number of hydrogen-bond acceptors (Lipinski definition) is 4. The predicted octanol–water partition coefficient (Wildman–Crippen LogP) is 3.81. The molecule has 0 fully saturated rings. The second kappa shape index (κ2) is 8.33. The van der Waals surface area contributed by atoms with Gasteiger partial charge in [-0.2, -0.15) is 5.10 Å². The van der Waals surface area contributed by atoms with Crippen LogP contribution in [0.15, 0.2) is 53.5 Å². The van der Waals surface area contributed by atoms with E-state index in [0.29, 0.717) is 28.8 Å². The van der Waals surface area contributed by atoms with Gasteiger partial charge in [-0.05, 0) is 48.7 Å². The van der Waals surface area contributed by atoms with Gasteiger partial charge in [-0.15, -0.1) is 0 Å². The third kappa shape index (κ3) is 4.72. The first-order valence-electron chi connectivity index (χ1n) is 8.24. The number of benzene rings is 1. The van der Waals surface area contributed by atoms with Crippen LogP contribution in [0.1, 0.15) is 28.5 Å². The molecule has 0 atom stereocenters. The Labute approximate surface area is 165 Å². The molecule has 0 saturated heterocycles. The van der Waals surface area contributed by atoms with Crippen LogP contribution in [0.5, 0.6) is 0 Å². The van der Waals surface area contributed by atoms with Gasteiger partial charge in [-0.1, -0.05) is 35.3 Å². The third-order valence-electron chi connectivity index (χ3n) is 3.86. The molecule has 0 aliphatic rings. The second-order valence-corrected chi connectivity index (χ2v) is 6.62. The smallest absolute Gasteiger partial charge is 0.277 e. The Morgan fingerprint density at radius 3 is 2.52 bits per heavy atom. The zero-order chi connectivity index (χ0) is 19.4. The Hall–Kier alpha value is -2.70. The van der Waals surface area contributed by atoms with Crippen molar-refractivity contribution in [3.8, 4) is 0 Å². The van der Waals surface area contributed by atoms with Crippen molar-refractivity contribution in [1.82, 2.24) is 14.8 Å². The van der Waals surface area contributed by atoms with Crippen molar-refractivity contribution in [3.05, 3.63) is 85.9 Å². The first-order chi connectivity index (χ1) is 13.0. The van der Waals surface area contributed by atoms with Crippen LogP contribution in [0.25, 0.3) is 0 Å². The lowest BCUT2D eigenvalue weighted by molar-refractivity contribution is 0.101. The van der Waals surface area contributed by atoms with Crippen molar-refractivity contribution in [2.24, 2.45) is 0 Å². The highest BCUT2D eigenvalue weighted by Crippen LogP contribution is 2.24. The van der Waals surface area contributed by atoms with E-state index in [2.05, 4.69) is 15.4 Å². The fraction of sp³-hybridized carbons (Fsp3) is 0.158. The highest BCUT2D eigenvalue weighted by molar-refractivity contribution is 6.42. The largest absolute Gasteiger partial charge is 0.305 e. The molecular formula is C19H16Cl2N4O2. The fourth-order valence-electron chi connectivity index (χ4n) is 2.47. The molecule has 3 rings (SSSR count). The molecule has 2 aromatic heterocycles. The summed E-state index contributed by atoms with van der Waals surface area (Å²) in [6.07, 6.45) is 2.32. The van der Waals surface area contributed by atoms with Gasteiger partial charge in [0.15, 0.2) is 0 Å². The number of halogens is 2. The normalized spacial score (nSPS) is 10.6. The quantitative estimate of drug-likeness (QED) is 0.703. The lowest BCUT2D eigenvalue weighted by atomic mass is 10.1. The number of anilines is 1. The number of carbonyl (C=O) groups is 1. The van der Waals surface area contributed by atoms with Gasteiger partial charge in [0.05, 0.1) is 10.0 Å². The van der Waals surface area contributed by atoms with Crippen LogP contribution >= 0.6 is 23.2 Å². The van der Waals surface area contributed by atoms with Gasteiger partial charge in [-0.25, -0.2) is 9.67 Å². The van der Waals surface area contributed by atoms with Crippen molar-refractivity contribution >= 4 is 34.9 Å². The summed E-state index contributed by atoms with van der Waals surface area (Å²) in [6.45, 7) is 2.17. The molecule has 6 nitrogen and oxygen atoms in total. The minimum Gasteiger partial charge on any atom is -0.305 e. The third-order valence-corrected chi connectivity index (χ3v) is 4.60. The summed E-state index contributed by atoms with van der Waals surface area (Å²) in [5, 5.41) is 7.71. The van der Waals surface area contributed by atoms with Crippen LogP contribution < -0.4 is 10.9 Å². The highest BCUT2D eigenvalue weighted by Gasteiger charge is 2.10. The number of pyridine rings is 1. The van der Waals surface area contributed by atoms with E-state index in [1.54, 1.807) is 25.3 Å². The monoisotopic (exact) mass is 402 g/mol. The molecule has 0 bridgehead atoms. The summed E-state index contributed by atoms with van der Waals surface area (Å²) < 4.78 is 1.22. The van der Waals surface area contributed by atoms with E-state index in [9.17, 15) is 9.59 Å². The maximum Gasteiger partial charge on any atom is 0.277 e. The maximum atomic E-state index is 12.3. The van der Waals surface area contributed by atoms with Gasteiger partial charge in [0.1, 0.15) is 11.5 Å². The minimum absolute atomic E-state index is 0.151. The summed E-state index contributed by atoms with van der Waals surface area (Å²) >= 11 is 12.0. The Morgan fingerprint density at radius 1 is 1.07 bits per heavy atom. The van der Waals surface area contributed by atoms with E-state index in [0.717, 1.165) is 11.1 Å². The number of aromatic nitrogens is 3. The molecule has 0 radical (unpaired) electrons. The lowest BCUT2D eigenvalue weighted by Crippen LogP contribution is -2.25. The number of nitrogens with one attached hydrogen (secondary N) is 1. The second-order valence-electron chi connectivity index (χ2n) is 5.80. The fourth-order valence-corrected chi connectivity index (χ4v) is 2.79. The highest BCUT2D eigenvalue weighted by atomic mass is 35.5. The molecule has 0 saturated carbocycles. The van der Waals surface area contributed by atoms with Crippen molar-refractivity contribution in [2.45, 2.75) is 19.9 Å². The zero-order valence-corrected chi connectivity index (χ0v) is 16.0. The van der Waals surface area contributed by atoms with Crippen molar-refractivity contribution in [1.29, 1.82) is 0 Å². The van der Waals surface area contributed by atoms with Gasteiger partial charge in [-0.3, -0.25) is 9.59 Å². The maximum absolute atomic E-state index is 12.3. The summed E-state index contributed by atoms with van der Waals surface area (Å²) in [6, 6.07) is 11.8. The van der Waals surface area contributed by atoms with Gasteiger partial charge in [0.25, 0.3) is 11.5 Å². The molecule has 0 aliphatic heterocycles. The number of hydrogen-bond donors (Lipinski definition) is 1. The van der Waals surface area contributed by atoms with Crippen LogP contribution in [0.4, 0.5) is 5.82 Å². The molecule has 3 aromatic rings. The Bertz CT molecular complexity index is 1030. The number of carbonyl (C=O) groups excluding carboxylic acids is 1. The van der Waals surface area contributed by atoms with E-state index in [1.807, 2.05) is 18.2 Å². The number of amides is 1. The molecule has 8 heteroatoms. The number of aryl methyl sites for hydroxylation is 1. The van der Waals surface area contributed by atoms with Gasteiger partial charge < -0.3 is 5.32 Å². The topological polar surface area (TPSA) is 76.9 Å². The molecule has 27 heavy (non-hydrogen) atoms. The van der Waals surface area contributed by atoms with E-state index < -0.39 is 5.91 Å². The standard InChI is InChI=1S/C19H16Cl2N4O2/c1-2-25-18(26)8-6-16(24-25)19(27)23-17-7-4-13(11-22-17)9-12-3-5-14(20)15(21)10-12/h3-8,10-11H,2,9H2,1H3,(H,22,23,27). The zero-order valence-electron chi connectivity index (χ0n) is 14.4. The van der Waals surface area contributed by atoms with Crippen LogP contribution in [0.2, 0.25) is 10.0 Å². The van der Waals surface area contributed by atoms with Gasteiger partial charge >= 0.3 is 0 Å². The molecule has 2 heterocycles. The minimum atomic E-state index is -0.429. The van der Waals surface area contributed by atoms with E-state index in [4.69, 9.17) is 23.2 Å². The van der Waals surface area contributed by atoms with Crippen molar-refractivity contribution in [2.75, 3.05) is 5.32 Å². The molecule has 1 amide bonds.